The van der Waals surface area contributed by atoms with Crippen LogP contribution in [0.1, 0.15) is 32.6 Å². The Balaban J connectivity index is 1.79. The molecule has 6 nitrogen and oxygen atoms in total. The number of aliphatic carboxylic acids is 1. The maximum Gasteiger partial charge on any atom is 0.326 e. The maximum absolute atomic E-state index is 11.6. The number of hydrogen-bond donors (Lipinski definition) is 3. The van der Waals surface area contributed by atoms with Crippen LogP contribution in [0.2, 0.25) is 0 Å². The van der Waals surface area contributed by atoms with Crippen LogP contribution >= 0.6 is 0 Å². The number of amides is 2. The summed E-state index contributed by atoms with van der Waals surface area (Å²) >= 11 is 0. The smallest absolute Gasteiger partial charge is 0.326 e. The first kappa shape index (κ1) is 12.2. The van der Waals surface area contributed by atoms with E-state index in [0.29, 0.717) is 6.42 Å². The molecule has 0 saturated carbocycles. The molecule has 0 aromatic carbocycles. The van der Waals surface area contributed by atoms with E-state index >= 15 is 0 Å². The van der Waals surface area contributed by atoms with E-state index in [9.17, 15) is 9.59 Å². The zero-order valence-electron chi connectivity index (χ0n) is 9.81. The molecule has 0 aliphatic carbocycles. The molecule has 2 aliphatic heterocycles. The van der Waals surface area contributed by atoms with Crippen molar-refractivity contribution in [2.45, 2.75) is 56.9 Å². The summed E-state index contributed by atoms with van der Waals surface area (Å²) in [6.07, 6.45) is 3.63. The average Bonchev–Trinajstić information content (AvgIpc) is 2.87. The lowest BCUT2D eigenvalue weighted by Crippen LogP contribution is -2.51. The number of hydrogen-bond acceptors (Lipinski definition) is 3. The molecule has 2 fully saturated rings. The van der Waals surface area contributed by atoms with E-state index in [1.807, 2.05) is 0 Å². The van der Waals surface area contributed by atoms with Gasteiger partial charge in [-0.05, 0) is 25.7 Å². The highest BCUT2D eigenvalue weighted by Gasteiger charge is 2.41. The van der Waals surface area contributed by atoms with E-state index in [4.69, 9.17) is 9.84 Å². The first-order valence-electron chi connectivity index (χ1n) is 6.05. The van der Waals surface area contributed by atoms with E-state index in [1.54, 1.807) is 6.92 Å². The molecule has 0 aromatic rings. The number of fused-ring (bicyclic) bond motifs is 2. The molecule has 2 bridgehead atoms. The summed E-state index contributed by atoms with van der Waals surface area (Å²) in [6.45, 7) is 1.72. The lowest BCUT2D eigenvalue weighted by atomic mass is 9.96. The minimum Gasteiger partial charge on any atom is -0.480 e. The van der Waals surface area contributed by atoms with Crippen molar-refractivity contribution in [1.82, 2.24) is 10.6 Å². The SMILES string of the molecule is CCC(NC(=O)NC1CC2CCC1O2)C(=O)O. The third kappa shape index (κ3) is 2.69. The first-order chi connectivity index (χ1) is 8.10. The fourth-order valence-corrected chi connectivity index (χ4v) is 2.50. The minimum absolute atomic E-state index is 0.0278. The Hall–Kier alpha value is -1.30. The van der Waals surface area contributed by atoms with E-state index in [1.165, 1.54) is 0 Å². The van der Waals surface area contributed by atoms with Crippen molar-refractivity contribution >= 4 is 12.0 Å². The second-order valence-corrected chi connectivity index (χ2v) is 4.63. The first-order valence-corrected chi connectivity index (χ1v) is 6.05. The van der Waals surface area contributed by atoms with Gasteiger partial charge in [-0.25, -0.2) is 9.59 Å². The van der Waals surface area contributed by atoms with Crippen LogP contribution in [0.5, 0.6) is 0 Å². The highest BCUT2D eigenvalue weighted by atomic mass is 16.5. The number of carbonyl (C=O) groups excluding carboxylic acids is 1. The summed E-state index contributed by atoms with van der Waals surface area (Å²) in [7, 11) is 0. The van der Waals surface area contributed by atoms with Gasteiger partial charge in [-0.3, -0.25) is 0 Å². The van der Waals surface area contributed by atoms with Gasteiger partial charge in [0.15, 0.2) is 0 Å². The van der Waals surface area contributed by atoms with Crippen LogP contribution in [0.4, 0.5) is 4.79 Å². The minimum atomic E-state index is -1.01. The monoisotopic (exact) mass is 242 g/mol. The Morgan fingerprint density at radius 1 is 1.47 bits per heavy atom. The standard InChI is InChI=1S/C11H18N2O4/c1-2-7(10(14)15)12-11(16)13-8-5-6-3-4-9(8)17-6/h6-9H,2-5H2,1H3,(H,14,15)(H2,12,13,16). The number of carboxylic acids is 1. The number of urea groups is 1. The molecule has 17 heavy (non-hydrogen) atoms. The van der Waals surface area contributed by atoms with Crippen molar-refractivity contribution < 1.29 is 19.4 Å². The van der Waals surface area contributed by atoms with E-state index < -0.39 is 18.0 Å². The lowest BCUT2D eigenvalue weighted by Gasteiger charge is -2.21. The molecule has 0 aromatic heterocycles. The van der Waals surface area contributed by atoms with Crippen molar-refractivity contribution in [2.24, 2.45) is 0 Å². The van der Waals surface area contributed by atoms with E-state index in [-0.39, 0.29) is 18.2 Å². The molecule has 2 aliphatic rings. The topological polar surface area (TPSA) is 87.7 Å². The highest BCUT2D eigenvalue weighted by molar-refractivity contribution is 5.82. The van der Waals surface area contributed by atoms with Crippen LogP contribution in [0.15, 0.2) is 0 Å². The maximum atomic E-state index is 11.6. The Morgan fingerprint density at radius 2 is 2.24 bits per heavy atom. The molecule has 2 amide bonds. The Morgan fingerprint density at radius 3 is 2.71 bits per heavy atom. The summed E-state index contributed by atoms with van der Waals surface area (Å²) in [5, 5.41) is 14.1. The van der Waals surface area contributed by atoms with E-state index in [2.05, 4.69) is 10.6 Å². The molecule has 2 saturated heterocycles. The molecule has 4 atom stereocenters. The van der Waals surface area contributed by atoms with Crippen LogP contribution in [0.3, 0.4) is 0 Å². The molecule has 2 heterocycles. The molecular formula is C11H18N2O4. The second kappa shape index (κ2) is 4.91. The van der Waals surface area contributed by atoms with Crippen molar-refractivity contribution in [3.63, 3.8) is 0 Å². The zero-order chi connectivity index (χ0) is 12.4. The number of carbonyl (C=O) groups is 2. The molecule has 2 rings (SSSR count). The fraction of sp³-hybridized carbons (Fsp3) is 0.818. The predicted molar refractivity (Wildman–Crippen MR) is 59.7 cm³/mol. The van der Waals surface area contributed by atoms with Gasteiger partial charge in [-0.2, -0.15) is 0 Å². The number of rotatable bonds is 4. The third-order valence-corrected chi connectivity index (χ3v) is 3.43. The summed E-state index contributed by atoms with van der Waals surface area (Å²) in [5.41, 5.74) is 0. The molecular weight excluding hydrogens is 224 g/mol. The summed E-state index contributed by atoms with van der Waals surface area (Å²) in [5.74, 6) is -1.01. The summed E-state index contributed by atoms with van der Waals surface area (Å²) in [6, 6.07) is -1.21. The summed E-state index contributed by atoms with van der Waals surface area (Å²) < 4.78 is 5.61. The van der Waals surface area contributed by atoms with Gasteiger partial charge in [0.25, 0.3) is 0 Å². The average molecular weight is 242 g/mol. The molecule has 3 N–H and O–H groups in total. The van der Waals surface area contributed by atoms with Gasteiger partial charge >= 0.3 is 12.0 Å². The van der Waals surface area contributed by atoms with Gasteiger partial charge < -0.3 is 20.5 Å². The number of carboxylic acid groups (broad SMARTS) is 1. The van der Waals surface area contributed by atoms with Gasteiger partial charge in [0.05, 0.1) is 18.2 Å². The van der Waals surface area contributed by atoms with Gasteiger partial charge in [0, 0.05) is 0 Å². The molecule has 96 valence electrons. The number of ether oxygens (including phenoxy) is 1. The van der Waals surface area contributed by atoms with Crippen molar-refractivity contribution in [3.8, 4) is 0 Å². The third-order valence-electron chi connectivity index (χ3n) is 3.43. The van der Waals surface area contributed by atoms with Gasteiger partial charge in [-0.1, -0.05) is 6.92 Å². The normalized spacial score (nSPS) is 32.2. The van der Waals surface area contributed by atoms with Crippen LogP contribution in [-0.2, 0) is 9.53 Å². The number of nitrogens with one attached hydrogen (secondary N) is 2. The van der Waals surface area contributed by atoms with Gasteiger partial charge in [-0.15, -0.1) is 0 Å². The molecule has 4 unspecified atom stereocenters. The Labute approximate surface area is 99.7 Å². The van der Waals surface area contributed by atoms with Crippen molar-refractivity contribution in [1.29, 1.82) is 0 Å². The fourth-order valence-electron chi connectivity index (χ4n) is 2.50. The molecule has 6 heteroatoms. The lowest BCUT2D eigenvalue weighted by molar-refractivity contribution is -0.139. The van der Waals surface area contributed by atoms with Crippen LogP contribution in [0.25, 0.3) is 0 Å². The van der Waals surface area contributed by atoms with Crippen molar-refractivity contribution in [3.05, 3.63) is 0 Å². The zero-order valence-corrected chi connectivity index (χ0v) is 9.81. The van der Waals surface area contributed by atoms with E-state index in [0.717, 1.165) is 19.3 Å². The Bertz CT molecular complexity index is 321. The second-order valence-electron chi connectivity index (χ2n) is 4.63. The van der Waals surface area contributed by atoms with Crippen LogP contribution in [-0.4, -0.2) is 41.4 Å². The van der Waals surface area contributed by atoms with Crippen LogP contribution in [0, 0.1) is 0 Å². The summed E-state index contributed by atoms with van der Waals surface area (Å²) in [4.78, 5) is 22.4. The van der Waals surface area contributed by atoms with Crippen LogP contribution < -0.4 is 10.6 Å². The predicted octanol–water partition coefficient (Wildman–Crippen LogP) is 0.469. The van der Waals surface area contributed by atoms with Gasteiger partial charge in [0.2, 0.25) is 0 Å². The Kier molecular flexibility index (Phi) is 3.51. The largest absolute Gasteiger partial charge is 0.480 e. The molecule has 0 radical (unpaired) electrons. The quantitative estimate of drug-likeness (QED) is 0.668. The van der Waals surface area contributed by atoms with Crippen molar-refractivity contribution in [2.75, 3.05) is 0 Å². The van der Waals surface area contributed by atoms with Gasteiger partial charge in [0.1, 0.15) is 6.04 Å². The molecule has 0 spiro atoms. The highest BCUT2D eigenvalue weighted by Crippen LogP contribution is 2.34.